The monoisotopic (exact) mass is 281 g/mol. The summed E-state index contributed by atoms with van der Waals surface area (Å²) < 4.78 is 18.5. The molecule has 0 saturated heterocycles. The van der Waals surface area contributed by atoms with Crippen molar-refractivity contribution in [3.63, 3.8) is 0 Å². The van der Waals surface area contributed by atoms with Gasteiger partial charge >= 0.3 is 0 Å². The van der Waals surface area contributed by atoms with Crippen LogP contribution in [-0.4, -0.2) is 9.97 Å². The zero-order valence-electron chi connectivity index (χ0n) is 11.0. The molecule has 0 atom stereocenters. The molecule has 0 amide bonds. The highest BCUT2D eigenvalue weighted by atomic mass is 19.1. The van der Waals surface area contributed by atoms with Gasteiger partial charge in [-0.05, 0) is 24.3 Å². The summed E-state index contributed by atoms with van der Waals surface area (Å²) in [4.78, 5) is 8.50. The number of aromatic nitrogens is 2. The molecule has 3 aromatic rings. The van der Waals surface area contributed by atoms with Crippen LogP contribution in [0.3, 0.4) is 0 Å². The fraction of sp³-hybridized carbons (Fsp3) is 0. The summed E-state index contributed by atoms with van der Waals surface area (Å²) >= 11 is 0. The Morgan fingerprint density at radius 3 is 2.33 bits per heavy atom. The second-order valence-corrected chi connectivity index (χ2v) is 4.38. The first-order valence-corrected chi connectivity index (χ1v) is 6.34. The van der Waals surface area contributed by atoms with Gasteiger partial charge in [-0.3, -0.25) is 0 Å². The Bertz CT molecular complexity index is 745. The van der Waals surface area contributed by atoms with Crippen LogP contribution in [0.1, 0.15) is 0 Å². The minimum atomic E-state index is -0.325. The average Bonchev–Trinajstić information content (AvgIpc) is 2.50. The molecule has 0 aliphatic carbocycles. The summed E-state index contributed by atoms with van der Waals surface area (Å²) in [5, 5.41) is 0. The Hall–Kier alpha value is -2.95. The largest absolute Gasteiger partial charge is 0.439 e. The van der Waals surface area contributed by atoms with Gasteiger partial charge in [0, 0.05) is 11.6 Å². The number of nitrogens with zero attached hydrogens (tertiary/aromatic N) is 2. The van der Waals surface area contributed by atoms with Gasteiger partial charge in [-0.15, -0.1) is 0 Å². The predicted molar refractivity (Wildman–Crippen MR) is 78.4 cm³/mol. The van der Waals surface area contributed by atoms with Crippen LogP contribution in [-0.2, 0) is 0 Å². The third-order valence-corrected chi connectivity index (χ3v) is 2.79. The molecular formula is C16H12FN3O. The molecule has 3 rings (SSSR count). The van der Waals surface area contributed by atoms with E-state index in [1.807, 2.05) is 30.3 Å². The van der Waals surface area contributed by atoms with Gasteiger partial charge in [-0.1, -0.05) is 30.3 Å². The second kappa shape index (κ2) is 5.58. The van der Waals surface area contributed by atoms with E-state index in [0.717, 1.165) is 5.56 Å². The molecule has 0 aliphatic rings. The van der Waals surface area contributed by atoms with Gasteiger partial charge in [-0.25, -0.2) is 9.37 Å². The molecule has 4 nitrogen and oxygen atoms in total. The number of anilines is 1. The molecule has 21 heavy (non-hydrogen) atoms. The fourth-order valence-corrected chi connectivity index (χ4v) is 1.83. The number of rotatable bonds is 3. The van der Waals surface area contributed by atoms with E-state index in [9.17, 15) is 4.39 Å². The normalized spacial score (nSPS) is 10.3. The average molecular weight is 281 g/mol. The van der Waals surface area contributed by atoms with Crippen LogP contribution in [0, 0.1) is 5.82 Å². The van der Waals surface area contributed by atoms with E-state index in [4.69, 9.17) is 10.5 Å². The molecule has 0 spiro atoms. The Morgan fingerprint density at radius 1 is 0.905 bits per heavy atom. The fourth-order valence-electron chi connectivity index (χ4n) is 1.83. The summed E-state index contributed by atoms with van der Waals surface area (Å²) in [6.45, 7) is 0. The Kier molecular flexibility index (Phi) is 3.47. The molecule has 2 N–H and O–H groups in total. The molecule has 1 aromatic heterocycles. The minimum absolute atomic E-state index is 0.306. The van der Waals surface area contributed by atoms with Gasteiger partial charge in [-0.2, -0.15) is 4.98 Å². The first kappa shape index (κ1) is 13.1. The summed E-state index contributed by atoms with van der Waals surface area (Å²) in [5.74, 6) is 1.25. The molecule has 0 radical (unpaired) electrons. The summed E-state index contributed by atoms with van der Waals surface area (Å²) in [5.41, 5.74) is 6.62. The van der Waals surface area contributed by atoms with Crippen molar-refractivity contribution in [1.29, 1.82) is 0 Å². The minimum Gasteiger partial charge on any atom is -0.439 e. The third kappa shape index (κ3) is 3.14. The number of nitrogen functional groups attached to an aromatic ring is 1. The Labute approximate surface area is 121 Å². The van der Waals surface area contributed by atoms with E-state index >= 15 is 0 Å². The molecule has 2 aromatic carbocycles. The first-order valence-electron chi connectivity index (χ1n) is 6.34. The van der Waals surface area contributed by atoms with Crippen molar-refractivity contribution in [3.8, 4) is 23.0 Å². The number of hydrogen-bond donors (Lipinski definition) is 1. The highest BCUT2D eigenvalue weighted by molar-refractivity contribution is 5.57. The van der Waals surface area contributed by atoms with E-state index in [1.165, 1.54) is 30.3 Å². The highest BCUT2D eigenvalue weighted by Gasteiger charge is 2.07. The molecule has 0 unspecified atom stereocenters. The highest BCUT2D eigenvalue weighted by Crippen LogP contribution is 2.24. The van der Waals surface area contributed by atoms with Crippen LogP contribution >= 0.6 is 0 Å². The van der Waals surface area contributed by atoms with Crippen LogP contribution in [0.2, 0.25) is 0 Å². The molecule has 0 fully saturated rings. The smallest absolute Gasteiger partial charge is 0.224 e. The van der Waals surface area contributed by atoms with Gasteiger partial charge in [0.15, 0.2) is 5.82 Å². The van der Waals surface area contributed by atoms with Crippen molar-refractivity contribution in [2.75, 3.05) is 5.73 Å². The lowest BCUT2D eigenvalue weighted by atomic mass is 10.2. The first-order chi connectivity index (χ1) is 10.2. The van der Waals surface area contributed by atoms with Crippen LogP contribution in [0.4, 0.5) is 10.2 Å². The van der Waals surface area contributed by atoms with Gasteiger partial charge in [0.1, 0.15) is 17.4 Å². The van der Waals surface area contributed by atoms with E-state index in [-0.39, 0.29) is 5.82 Å². The SMILES string of the molecule is Nc1cc(Oc2ccc(F)cc2)nc(-c2ccccc2)n1. The molecule has 0 aliphatic heterocycles. The predicted octanol–water partition coefficient (Wildman–Crippen LogP) is 3.66. The maximum atomic E-state index is 12.9. The zero-order valence-corrected chi connectivity index (χ0v) is 11.0. The third-order valence-electron chi connectivity index (χ3n) is 2.79. The quantitative estimate of drug-likeness (QED) is 0.796. The second-order valence-electron chi connectivity index (χ2n) is 4.38. The standard InChI is InChI=1S/C16H12FN3O/c17-12-6-8-13(9-7-12)21-15-10-14(18)19-16(20-15)11-4-2-1-3-5-11/h1-10H,(H2,18,19,20). The van der Waals surface area contributed by atoms with Crippen molar-refractivity contribution >= 4 is 5.82 Å². The Balaban J connectivity index is 1.93. The number of ether oxygens (including phenoxy) is 1. The number of halogens is 1. The van der Waals surface area contributed by atoms with Crippen molar-refractivity contribution < 1.29 is 9.13 Å². The molecule has 1 heterocycles. The van der Waals surface area contributed by atoms with Gasteiger partial charge in [0.05, 0.1) is 0 Å². The number of benzene rings is 2. The summed E-state index contributed by atoms with van der Waals surface area (Å²) in [7, 11) is 0. The number of nitrogens with two attached hydrogens (primary N) is 1. The van der Waals surface area contributed by atoms with Crippen LogP contribution in [0.25, 0.3) is 11.4 Å². The van der Waals surface area contributed by atoms with Crippen molar-refractivity contribution in [3.05, 3.63) is 66.5 Å². The molecule has 104 valence electrons. The van der Waals surface area contributed by atoms with Crippen LogP contribution in [0.5, 0.6) is 11.6 Å². The topological polar surface area (TPSA) is 61.0 Å². The van der Waals surface area contributed by atoms with Crippen LogP contribution in [0.15, 0.2) is 60.7 Å². The van der Waals surface area contributed by atoms with E-state index in [1.54, 1.807) is 0 Å². The van der Waals surface area contributed by atoms with Crippen LogP contribution < -0.4 is 10.5 Å². The van der Waals surface area contributed by atoms with Gasteiger partial charge in [0.25, 0.3) is 0 Å². The van der Waals surface area contributed by atoms with Gasteiger partial charge < -0.3 is 10.5 Å². The Morgan fingerprint density at radius 2 is 1.62 bits per heavy atom. The summed E-state index contributed by atoms with van der Waals surface area (Å²) in [6, 6.07) is 16.7. The van der Waals surface area contributed by atoms with E-state index in [2.05, 4.69) is 9.97 Å². The van der Waals surface area contributed by atoms with E-state index < -0.39 is 0 Å². The lowest BCUT2D eigenvalue weighted by Gasteiger charge is -2.07. The zero-order chi connectivity index (χ0) is 14.7. The van der Waals surface area contributed by atoms with E-state index in [0.29, 0.717) is 23.3 Å². The molecular weight excluding hydrogens is 269 g/mol. The number of hydrogen-bond acceptors (Lipinski definition) is 4. The van der Waals surface area contributed by atoms with Crippen molar-refractivity contribution in [2.45, 2.75) is 0 Å². The van der Waals surface area contributed by atoms with Crippen molar-refractivity contribution in [1.82, 2.24) is 9.97 Å². The van der Waals surface area contributed by atoms with Gasteiger partial charge in [0.2, 0.25) is 5.88 Å². The molecule has 0 saturated carbocycles. The summed E-state index contributed by atoms with van der Waals surface area (Å²) in [6.07, 6.45) is 0. The molecule has 0 bridgehead atoms. The molecule has 5 heteroatoms. The van der Waals surface area contributed by atoms with Crippen molar-refractivity contribution in [2.24, 2.45) is 0 Å². The lowest BCUT2D eigenvalue weighted by Crippen LogP contribution is -1.98. The lowest BCUT2D eigenvalue weighted by molar-refractivity contribution is 0.461. The maximum absolute atomic E-state index is 12.9. The maximum Gasteiger partial charge on any atom is 0.224 e.